The second-order valence-corrected chi connectivity index (χ2v) is 10.8. The predicted molar refractivity (Wildman–Crippen MR) is 135 cm³/mol. The zero-order valence-corrected chi connectivity index (χ0v) is 22.6. The van der Waals surface area contributed by atoms with Crippen molar-refractivity contribution in [2.75, 3.05) is 23.5 Å². The van der Waals surface area contributed by atoms with Crippen molar-refractivity contribution in [1.29, 1.82) is 0 Å². The first kappa shape index (κ1) is 30.1. The first-order valence-electron chi connectivity index (χ1n) is 11.9. The summed E-state index contributed by atoms with van der Waals surface area (Å²) in [6.45, 7) is 5.58. The number of carboxylic acid groups (broad SMARTS) is 1. The fourth-order valence-corrected chi connectivity index (χ4v) is 4.49. The summed E-state index contributed by atoms with van der Waals surface area (Å²) in [6.07, 6.45) is -5.06. The fourth-order valence-electron chi connectivity index (χ4n) is 4.32. The Kier molecular flexibility index (Phi) is 8.49. The largest absolute Gasteiger partial charge is 0.481 e. The summed E-state index contributed by atoms with van der Waals surface area (Å²) in [4.78, 5) is 44.9. The molecule has 2 heterocycles. The molecule has 3 rings (SSSR count). The van der Waals surface area contributed by atoms with Crippen molar-refractivity contribution in [3.63, 3.8) is 0 Å². The van der Waals surface area contributed by atoms with Crippen molar-refractivity contribution in [1.82, 2.24) is 4.98 Å². The third-order valence-corrected chi connectivity index (χ3v) is 6.68. The molecule has 1 N–H and O–H groups in total. The van der Waals surface area contributed by atoms with Gasteiger partial charge in [-0.15, -0.1) is 0 Å². The number of aliphatic carboxylic acids is 1. The summed E-state index contributed by atoms with van der Waals surface area (Å²) < 4.78 is 60.1. The molecule has 2 aromatic rings. The third kappa shape index (κ3) is 6.60. The molecule has 0 saturated carbocycles. The number of nitrogens with zero attached hydrogens (tertiary/aromatic N) is 3. The minimum absolute atomic E-state index is 0.0195. The zero-order chi connectivity index (χ0) is 29.4. The molecule has 1 saturated heterocycles. The Balaban J connectivity index is 2.12. The first-order valence-corrected chi connectivity index (χ1v) is 12.3. The van der Waals surface area contributed by atoms with E-state index in [2.05, 4.69) is 4.98 Å². The van der Waals surface area contributed by atoms with Crippen LogP contribution in [0.4, 0.5) is 29.1 Å². The molecule has 0 bridgehead atoms. The van der Waals surface area contributed by atoms with Gasteiger partial charge in [0.05, 0.1) is 28.0 Å². The van der Waals surface area contributed by atoms with Crippen LogP contribution in [0.25, 0.3) is 0 Å². The van der Waals surface area contributed by atoms with Crippen molar-refractivity contribution in [3.8, 4) is 0 Å². The van der Waals surface area contributed by atoms with Crippen LogP contribution in [0.2, 0.25) is 5.02 Å². The molecule has 1 aliphatic rings. The summed E-state index contributed by atoms with van der Waals surface area (Å²) in [5.41, 5.74) is -1.83. The number of hydrogen-bond acceptors (Lipinski definition) is 6. The number of anilines is 2. The highest BCUT2D eigenvalue weighted by Gasteiger charge is 2.50. The minimum Gasteiger partial charge on any atom is -0.481 e. The molecule has 39 heavy (non-hydrogen) atoms. The molecule has 1 aliphatic heterocycles. The first-order chi connectivity index (χ1) is 17.9. The molecule has 0 spiro atoms. The number of amides is 1. The van der Waals surface area contributed by atoms with Gasteiger partial charge in [-0.3, -0.25) is 14.4 Å². The van der Waals surface area contributed by atoms with E-state index in [-0.39, 0.29) is 28.6 Å². The molecule has 1 amide bonds. The molecule has 13 heteroatoms. The highest BCUT2D eigenvalue weighted by atomic mass is 35.5. The van der Waals surface area contributed by atoms with Gasteiger partial charge in [0.15, 0.2) is 0 Å². The lowest BCUT2D eigenvalue weighted by Crippen LogP contribution is -2.49. The highest BCUT2D eigenvalue weighted by molar-refractivity contribution is 6.31. The van der Waals surface area contributed by atoms with E-state index < -0.39 is 65.4 Å². The smallest absolute Gasteiger partial charge is 0.416 e. The second-order valence-electron chi connectivity index (χ2n) is 10.4. The van der Waals surface area contributed by atoms with E-state index >= 15 is 0 Å². The average Bonchev–Trinajstić information content (AvgIpc) is 3.21. The number of carbonyl (C=O) groups is 3. The normalized spacial score (nSPS) is 19.6. The third-order valence-electron chi connectivity index (χ3n) is 6.39. The number of aromatic nitrogens is 1. The number of ether oxygens (including phenoxy) is 1. The van der Waals surface area contributed by atoms with Crippen LogP contribution in [0.15, 0.2) is 30.3 Å². The van der Waals surface area contributed by atoms with Crippen LogP contribution in [0.5, 0.6) is 0 Å². The molecule has 3 atom stereocenters. The second kappa shape index (κ2) is 11.0. The van der Waals surface area contributed by atoms with Gasteiger partial charge in [0.25, 0.3) is 0 Å². The molecule has 0 radical (unpaired) electrons. The van der Waals surface area contributed by atoms with E-state index in [1.54, 1.807) is 20.8 Å². The number of carbonyl (C=O) groups excluding carboxylic acids is 2. The monoisotopic (exact) mass is 573 g/mol. The van der Waals surface area contributed by atoms with Crippen molar-refractivity contribution < 1.29 is 41.8 Å². The van der Waals surface area contributed by atoms with Gasteiger partial charge < -0.3 is 19.6 Å². The van der Waals surface area contributed by atoms with E-state index in [0.717, 1.165) is 23.1 Å². The Hall–Kier alpha value is -3.41. The van der Waals surface area contributed by atoms with Gasteiger partial charge in [-0.1, -0.05) is 11.6 Å². The number of benzene rings is 1. The van der Waals surface area contributed by atoms with Crippen molar-refractivity contribution in [2.24, 2.45) is 11.3 Å². The van der Waals surface area contributed by atoms with E-state index in [1.165, 1.54) is 31.0 Å². The number of pyridine rings is 1. The van der Waals surface area contributed by atoms with Gasteiger partial charge in [0.1, 0.15) is 24.3 Å². The predicted octanol–water partition coefficient (Wildman–Crippen LogP) is 5.10. The lowest BCUT2D eigenvalue weighted by Gasteiger charge is -2.34. The van der Waals surface area contributed by atoms with E-state index in [1.807, 2.05) is 0 Å². The molecule has 1 unspecified atom stereocenters. The van der Waals surface area contributed by atoms with Gasteiger partial charge in [-0.05, 0) is 64.4 Å². The number of alkyl halides is 3. The Labute approximate surface area is 227 Å². The quantitative estimate of drug-likeness (QED) is 0.379. The molecular weight excluding hydrogens is 546 g/mol. The van der Waals surface area contributed by atoms with Gasteiger partial charge in [0, 0.05) is 18.4 Å². The van der Waals surface area contributed by atoms with Crippen molar-refractivity contribution >= 4 is 41.0 Å². The summed E-state index contributed by atoms with van der Waals surface area (Å²) in [6, 6.07) is 2.54. The topological polar surface area (TPSA) is 100 Å². The Morgan fingerprint density at radius 1 is 1.18 bits per heavy atom. The number of halogens is 5. The van der Waals surface area contributed by atoms with Gasteiger partial charge in [0.2, 0.25) is 5.91 Å². The lowest BCUT2D eigenvalue weighted by atomic mass is 9.97. The number of hydrogen-bond donors (Lipinski definition) is 1. The zero-order valence-electron chi connectivity index (χ0n) is 21.8. The van der Waals surface area contributed by atoms with Crippen LogP contribution < -0.4 is 9.80 Å². The highest BCUT2D eigenvalue weighted by Crippen LogP contribution is 2.39. The van der Waals surface area contributed by atoms with Gasteiger partial charge in [-0.25, -0.2) is 9.37 Å². The lowest BCUT2D eigenvalue weighted by molar-refractivity contribution is -0.155. The Morgan fingerprint density at radius 2 is 1.82 bits per heavy atom. The number of esters is 1. The molecule has 1 aromatic heterocycles. The average molecular weight is 574 g/mol. The number of rotatable bonds is 6. The van der Waals surface area contributed by atoms with Crippen LogP contribution in [0.3, 0.4) is 0 Å². The summed E-state index contributed by atoms with van der Waals surface area (Å²) >= 11 is 5.85. The Bertz CT molecular complexity index is 1280. The van der Waals surface area contributed by atoms with Crippen molar-refractivity contribution in [2.45, 2.75) is 52.4 Å². The van der Waals surface area contributed by atoms with Crippen LogP contribution in [-0.4, -0.2) is 53.7 Å². The summed E-state index contributed by atoms with van der Waals surface area (Å²) in [5, 5.41) is 9.72. The fraction of sp³-hybridized carbons (Fsp3) is 0.462. The van der Waals surface area contributed by atoms with E-state index in [0.29, 0.717) is 0 Å². The van der Waals surface area contributed by atoms with Crippen LogP contribution in [-0.2, 0) is 25.3 Å². The standard InChI is InChI=1S/C26H28ClF4N3O5/c1-13-8-14(26(29,30)31)9-21(32-13)34-19(22(35)33(5)15-6-7-18(28)17(27)10-15)11-16(23(36)37)20(34)12-39-24(38)25(2,3)4/h6-10,16,19-20H,11-12H2,1-5H3,(H,36,37)/t16-,19-,20?/m0/s1. The van der Waals surface area contributed by atoms with Crippen LogP contribution in [0.1, 0.15) is 38.4 Å². The molecule has 1 fully saturated rings. The molecular formula is C26H28ClF4N3O5. The summed E-state index contributed by atoms with van der Waals surface area (Å²) in [5.74, 6) is -5.01. The van der Waals surface area contributed by atoms with Crippen molar-refractivity contribution in [3.05, 3.63) is 52.4 Å². The van der Waals surface area contributed by atoms with Crippen LogP contribution >= 0.6 is 11.6 Å². The SMILES string of the molecule is Cc1cc(C(F)(F)F)cc(N2C(COC(=O)C(C)(C)C)[C@@H](C(=O)O)C[C@H]2C(=O)N(C)c2ccc(F)c(Cl)c2)n1. The maximum absolute atomic E-state index is 13.7. The van der Waals surface area contributed by atoms with Crippen LogP contribution in [0, 0.1) is 24.1 Å². The Morgan fingerprint density at radius 3 is 2.36 bits per heavy atom. The maximum atomic E-state index is 13.7. The maximum Gasteiger partial charge on any atom is 0.416 e. The van der Waals surface area contributed by atoms with Gasteiger partial charge >= 0.3 is 18.1 Å². The van der Waals surface area contributed by atoms with E-state index in [9.17, 15) is 37.1 Å². The summed E-state index contributed by atoms with van der Waals surface area (Å²) in [7, 11) is 1.34. The molecule has 0 aliphatic carbocycles. The molecule has 212 valence electrons. The number of aryl methyl sites for hydroxylation is 1. The number of likely N-dealkylation sites (N-methyl/N-ethyl adjacent to an activating group) is 1. The minimum atomic E-state index is -4.75. The molecule has 8 nitrogen and oxygen atoms in total. The molecule has 1 aromatic carbocycles. The van der Waals surface area contributed by atoms with E-state index in [4.69, 9.17) is 16.3 Å². The van der Waals surface area contributed by atoms with Gasteiger partial charge in [-0.2, -0.15) is 13.2 Å². The number of carboxylic acids is 1.